The molecule has 0 aliphatic heterocycles. The zero-order valence-corrected chi connectivity index (χ0v) is 30.9. The lowest BCUT2D eigenvalue weighted by molar-refractivity contribution is -0.150. The molecule has 0 bridgehead atoms. The van der Waals surface area contributed by atoms with Crippen LogP contribution in [0.15, 0.2) is 24.3 Å². The van der Waals surface area contributed by atoms with E-state index in [9.17, 15) is 9.59 Å². The Labute approximate surface area is 287 Å². The molecule has 0 aliphatic carbocycles. The number of ether oxygens (including phenoxy) is 1. The molecule has 0 radical (unpaired) electrons. The van der Waals surface area contributed by atoms with Crippen molar-refractivity contribution in [3.8, 4) is 0 Å². The van der Waals surface area contributed by atoms with Crippen LogP contribution in [0, 0.1) is 0 Å². The van der Waals surface area contributed by atoms with Gasteiger partial charge >= 0.3 is 11.9 Å². The van der Waals surface area contributed by atoms with Gasteiger partial charge in [-0.2, -0.15) is 0 Å². The van der Waals surface area contributed by atoms with E-state index in [-0.39, 0.29) is 12.1 Å². The topological polar surface area (TPSA) is 63.6 Å². The molecular formula is C42H78O4. The molecule has 0 saturated heterocycles. The Balaban J connectivity index is 3.62. The lowest BCUT2D eigenvalue weighted by atomic mass is 10.0. The van der Waals surface area contributed by atoms with Gasteiger partial charge in [0.15, 0.2) is 0 Å². The first-order valence-electron chi connectivity index (χ1n) is 20.3. The van der Waals surface area contributed by atoms with Crippen molar-refractivity contribution < 1.29 is 19.4 Å². The van der Waals surface area contributed by atoms with Gasteiger partial charge in [0.2, 0.25) is 0 Å². The van der Waals surface area contributed by atoms with Gasteiger partial charge in [0.1, 0.15) is 6.10 Å². The lowest BCUT2D eigenvalue weighted by Crippen LogP contribution is -2.18. The number of carboxylic acid groups (broad SMARTS) is 1. The van der Waals surface area contributed by atoms with Crippen LogP contribution in [0.25, 0.3) is 0 Å². The van der Waals surface area contributed by atoms with Crippen molar-refractivity contribution in [1.82, 2.24) is 0 Å². The summed E-state index contributed by atoms with van der Waals surface area (Å²) >= 11 is 0. The minimum absolute atomic E-state index is 0.0278. The molecule has 1 N–H and O–H groups in total. The number of esters is 1. The second-order valence-electron chi connectivity index (χ2n) is 13.8. The number of carbonyl (C=O) groups excluding carboxylic acids is 1. The van der Waals surface area contributed by atoms with Gasteiger partial charge in [0.25, 0.3) is 0 Å². The van der Waals surface area contributed by atoms with Crippen LogP contribution in [0.3, 0.4) is 0 Å². The Morgan fingerprint density at radius 2 is 0.870 bits per heavy atom. The van der Waals surface area contributed by atoms with Crippen molar-refractivity contribution >= 4 is 11.9 Å². The van der Waals surface area contributed by atoms with Gasteiger partial charge in [-0.1, -0.05) is 173 Å². The summed E-state index contributed by atoms with van der Waals surface area (Å²) in [4.78, 5) is 23.0. The molecule has 4 nitrogen and oxygen atoms in total. The maximum atomic E-state index is 12.5. The van der Waals surface area contributed by atoms with Crippen LogP contribution < -0.4 is 0 Å². The van der Waals surface area contributed by atoms with E-state index < -0.39 is 5.97 Å². The lowest BCUT2D eigenvalue weighted by Gasteiger charge is -2.18. The van der Waals surface area contributed by atoms with Crippen molar-refractivity contribution in [3.63, 3.8) is 0 Å². The molecule has 0 aromatic rings. The molecule has 270 valence electrons. The third kappa shape index (κ3) is 36.9. The molecule has 46 heavy (non-hydrogen) atoms. The first kappa shape index (κ1) is 44.4. The van der Waals surface area contributed by atoms with Crippen LogP contribution in [0.1, 0.15) is 226 Å². The number of hydrogen-bond donors (Lipinski definition) is 1. The average molecular weight is 647 g/mol. The fourth-order valence-electron chi connectivity index (χ4n) is 6.14. The standard InChI is InChI=1S/C42H78O4/c1-3-5-7-8-9-10-11-12-13-14-15-16-17-18-23-26-29-32-35-39-42(45)46-40(36-6-4-2)37-33-30-27-24-21-19-20-22-25-28-31-34-38-41(43)44/h9-10,12-13,40H,3-8,11,14-39H2,1-2H3,(H,43,44)/b10-9-,13-12-. The van der Waals surface area contributed by atoms with Crippen LogP contribution in [0.4, 0.5) is 0 Å². The summed E-state index contributed by atoms with van der Waals surface area (Å²) in [6, 6.07) is 0. The molecule has 0 rings (SSSR count). The maximum Gasteiger partial charge on any atom is 0.306 e. The average Bonchev–Trinajstić information content (AvgIpc) is 3.04. The van der Waals surface area contributed by atoms with Gasteiger partial charge < -0.3 is 9.84 Å². The van der Waals surface area contributed by atoms with Crippen molar-refractivity contribution in [1.29, 1.82) is 0 Å². The highest BCUT2D eigenvalue weighted by Gasteiger charge is 2.14. The maximum absolute atomic E-state index is 12.5. The van der Waals surface area contributed by atoms with Crippen molar-refractivity contribution in [2.24, 2.45) is 0 Å². The Kier molecular flexibility index (Phi) is 36.6. The molecule has 0 aliphatic rings. The monoisotopic (exact) mass is 647 g/mol. The van der Waals surface area contributed by atoms with Gasteiger partial charge in [-0.25, -0.2) is 0 Å². The highest BCUT2D eigenvalue weighted by molar-refractivity contribution is 5.69. The first-order chi connectivity index (χ1) is 22.6. The number of rotatable bonds is 37. The summed E-state index contributed by atoms with van der Waals surface area (Å²) in [5, 5.41) is 8.67. The van der Waals surface area contributed by atoms with Crippen LogP contribution in [-0.4, -0.2) is 23.1 Å². The molecule has 4 heteroatoms. The number of aliphatic carboxylic acids is 1. The Bertz CT molecular complexity index is 698. The summed E-state index contributed by atoms with van der Waals surface area (Å²) in [7, 11) is 0. The molecule has 1 unspecified atom stereocenters. The summed E-state index contributed by atoms with van der Waals surface area (Å²) < 4.78 is 5.93. The van der Waals surface area contributed by atoms with Crippen molar-refractivity contribution in [2.45, 2.75) is 232 Å². The van der Waals surface area contributed by atoms with Gasteiger partial charge in [0.05, 0.1) is 0 Å². The Morgan fingerprint density at radius 3 is 1.35 bits per heavy atom. The highest BCUT2D eigenvalue weighted by atomic mass is 16.5. The van der Waals surface area contributed by atoms with E-state index in [1.165, 1.54) is 141 Å². The minimum atomic E-state index is -0.670. The smallest absolute Gasteiger partial charge is 0.306 e. The first-order valence-corrected chi connectivity index (χ1v) is 20.3. The molecule has 0 saturated carbocycles. The SMILES string of the molecule is CCCCC/C=C\C/C=C\CCCCCCCCCCCC(=O)OC(CCCC)CCCCCCCCCCCCCCC(=O)O. The number of unbranched alkanes of at least 4 members (excludes halogenated alkanes) is 24. The van der Waals surface area contributed by atoms with E-state index in [4.69, 9.17) is 9.84 Å². The summed E-state index contributed by atoms with van der Waals surface area (Å²) in [6.07, 6.45) is 48.2. The largest absolute Gasteiger partial charge is 0.481 e. The summed E-state index contributed by atoms with van der Waals surface area (Å²) in [5.41, 5.74) is 0. The van der Waals surface area contributed by atoms with Crippen molar-refractivity contribution in [2.75, 3.05) is 0 Å². The zero-order chi connectivity index (χ0) is 33.6. The fraction of sp³-hybridized carbons (Fsp3) is 0.857. The summed E-state index contributed by atoms with van der Waals surface area (Å²) in [5.74, 6) is -0.642. The van der Waals surface area contributed by atoms with Crippen LogP contribution >= 0.6 is 0 Å². The van der Waals surface area contributed by atoms with Gasteiger partial charge in [-0.15, -0.1) is 0 Å². The fourth-order valence-corrected chi connectivity index (χ4v) is 6.14. The van der Waals surface area contributed by atoms with E-state index in [2.05, 4.69) is 38.2 Å². The van der Waals surface area contributed by atoms with E-state index >= 15 is 0 Å². The molecule has 1 atom stereocenters. The summed E-state index contributed by atoms with van der Waals surface area (Å²) in [6.45, 7) is 4.47. The molecular weight excluding hydrogens is 568 g/mol. The Morgan fingerprint density at radius 1 is 0.478 bits per heavy atom. The van der Waals surface area contributed by atoms with Gasteiger partial charge in [-0.3, -0.25) is 9.59 Å². The van der Waals surface area contributed by atoms with E-state index in [1.807, 2.05) is 0 Å². The number of carboxylic acids is 1. The highest BCUT2D eigenvalue weighted by Crippen LogP contribution is 2.18. The quantitative estimate of drug-likeness (QED) is 0.0414. The van der Waals surface area contributed by atoms with Crippen LogP contribution in [-0.2, 0) is 14.3 Å². The second kappa shape index (κ2) is 37.9. The van der Waals surface area contributed by atoms with E-state index in [0.29, 0.717) is 12.8 Å². The van der Waals surface area contributed by atoms with Crippen molar-refractivity contribution in [3.05, 3.63) is 24.3 Å². The number of allylic oxidation sites excluding steroid dienone is 4. The Hall–Kier alpha value is -1.58. The van der Waals surface area contributed by atoms with E-state index in [0.717, 1.165) is 57.8 Å². The third-order valence-corrected chi connectivity index (χ3v) is 9.18. The second-order valence-corrected chi connectivity index (χ2v) is 13.8. The predicted octanol–water partition coefficient (Wildman–Crippen LogP) is 14.0. The van der Waals surface area contributed by atoms with Crippen LogP contribution in [0.2, 0.25) is 0 Å². The molecule has 0 spiro atoms. The molecule has 0 aromatic carbocycles. The predicted molar refractivity (Wildman–Crippen MR) is 200 cm³/mol. The zero-order valence-electron chi connectivity index (χ0n) is 30.9. The van der Waals surface area contributed by atoms with Gasteiger partial charge in [-0.05, 0) is 64.2 Å². The molecule has 0 amide bonds. The van der Waals surface area contributed by atoms with E-state index in [1.54, 1.807) is 0 Å². The molecule has 0 heterocycles. The third-order valence-electron chi connectivity index (χ3n) is 9.18. The number of hydrogen-bond acceptors (Lipinski definition) is 3. The number of carbonyl (C=O) groups is 2. The normalized spacial score (nSPS) is 12.4. The van der Waals surface area contributed by atoms with Gasteiger partial charge in [0, 0.05) is 12.8 Å². The minimum Gasteiger partial charge on any atom is -0.481 e. The van der Waals surface area contributed by atoms with Crippen LogP contribution in [0.5, 0.6) is 0 Å². The molecule has 0 aromatic heterocycles. The molecule has 0 fully saturated rings.